The zero-order valence-electron chi connectivity index (χ0n) is 34.5. The van der Waals surface area contributed by atoms with Crippen LogP contribution in [0.2, 0.25) is 6.55 Å². The van der Waals surface area contributed by atoms with Crippen molar-refractivity contribution in [2.75, 3.05) is 19.6 Å². The van der Waals surface area contributed by atoms with Gasteiger partial charge in [-0.15, -0.1) is 12.2 Å². The number of aryl methyl sites for hydroxylation is 10. The molecule has 0 aliphatic carbocycles. The van der Waals surface area contributed by atoms with Crippen molar-refractivity contribution in [1.29, 1.82) is 0 Å². The van der Waals surface area contributed by atoms with E-state index in [9.17, 15) is 0 Å². The Labute approximate surface area is 344 Å². The quantitative estimate of drug-likeness (QED) is 0.120. The normalized spacial score (nSPS) is 13.5. The molecule has 7 rings (SSSR count). The molecule has 0 saturated carbocycles. The summed E-state index contributed by atoms with van der Waals surface area (Å²) in [6, 6.07) is 30.1. The minimum Gasteiger partial charge on any atom is -0.532 e. The summed E-state index contributed by atoms with van der Waals surface area (Å²) in [6.07, 6.45) is 8.60. The topological polar surface area (TPSA) is 13.0 Å². The van der Waals surface area contributed by atoms with E-state index in [1.165, 1.54) is 83.4 Å². The van der Waals surface area contributed by atoms with Crippen molar-refractivity contribution in [3.63, 3.8) is 0 Å². The summed E-state index contributed by atoms with van der Waals surface area (Å²) in [5.41, 5.74) is 20.5. The van der Waals surface area contributed by atoms with E-state index in [1.807, 2.05) is 0 Å². The number of hydrogen-bond donors (Lipinski definition) is 0. The van der Waals surface area contributed by atoms with Crippen molar-refractivity contribution >= 4 is 36.7 Å². The molecule has 2 heterocycles. The fourth-order valence-electron chi connectivity index (χ4n) is 8.48. The largest absolute Gasteiger partial charge is 3.00 e. The van der Waals surface area contributed by atoms with Gasteiger partial charge in [-0.3, -0.25) is 0 Å². The van der Waals surface area contributed by atoms with Crippen molar-refractivity contribution in [2.45, 2.75) is 81.8 Å². The van der Waals surface area contributed by atoms with Gasteiger partial charge in [0.2, 0.25) is 0 Å². The third-order valence-corrected chi connectivity index (χ3v) is 12.6. The molecule has 5 aromatic rings. The summed E-state index contributed by atoms with van der Waals surface area (Å²) < 4.78 is 0. The van der Waals surface area contributed by atoms with Crippen molar-refractivity contribution < 1.29 is 16.8 Å². The summed E-state index contributed by atoms with van der Waals surface area (Å²) in [6.45, 7) is 32.8. The molecule has 0 fully saturated rings. The number of hydrogen-bond acceptors (Lipinski definition) is 4. The predicted molar refractivity (Wildman–Crippen MR) is 236 cm³/mol. The van der Waals surface area contributed by atoms with Gasteiger partial charge in [0.1, 0.15) is 0 Å². The van der Waals surface area contributed by atoms with Crippen LogP contribution in [-0.2, 0) is 22.8 Å². The van der Waals surface area contributed by atoms with Crippen LogP contribution in [0, 0.1) is 89.5 Å². The van der Waals surface area contributed by atoms with Crippen molar-refractivity contribution in [2.24, 2.45) is 0 Å². The van der Waals surface area contributed by atoms with Crippen molar-refractivity contribution in [3.05, 3.63) is 191 Å². The van der Waals surface area contributed by atoms with E-state index in [1.54, 1.807) is 0 Å². The monoisotopic (exact) mass is 787 g/mol. The van der Waals surface area contributed by atoms with E-state index in [4.69, 9.17) is 0 Å². The Balaban J connectivity index is 0.000000216. The third kappa shape index (κ3) is 9.26. The number of rotatable bonds is 7. The molecule has 55 heavy (non-hydrogen) atoms. The Morgan fingerprint density at radius 3 is 1.25 bits per heavy atom. The maximum Gasteiger partial charge on any atom is 3.00 e. The predicted octanol–water partition coefficient (Wildman–Crippen LogP) is 11.6. The molecule has 0 aromatic heterocycles. The summed E-state index contributed by atoms with van der Waals surface area (Å²) in [4.78, 5) is 8.93. The minimum atomic E-state index is -0.665. The van der Waals surface area contributed by atoms with Gasteiger partial charge in [-0.2, -0.15) is 25.2 Å². The zero-order valence-corrected chi connectivity index (χ0v) is 36.5. The second-order valence-corrected chi connectivity index (χ2v) is 17.9. The van der Waals surface area contributed by atoms with Crippen LogP contribution in [0.1, 0.15) is 66.8 Å². The SMILES string of the molecule is Cc1cc(C)c(N2C=CN(c3c(C)cc(C)cc3C[Si](C)c3ccccc3)[CH-]2)c(C)c1.[CH2-]c1cc(C)cc(C)c1N1C=CN(c2c(C)cc(C)cc2C)[CH-]1.[Co+3]. The first-order valence-electron chi connectivity index (χ1n) is 19.0. The molecule has 5 aromatic carbocycles. The Hall–Kier alpha value is -4.63. The first kappa shape index (κ1) is 41.5. The van der Waals surface area contributed by atoms with E-state index < -0.39 is 8.80 Å². The van der Waals surface area contributed by atoms with Crippen LogP contribution in [0.5, 0.6) is 0 Å². The van der Waals surface area contributed by atoms with Gasteiger partial charge < -0.3 is 19.6 Å². The summed E-state index contributed by atoms with van der Waals surface area (Å²) in [5, 5.41) is 1.49. The molecule has 0 atom stereocenters. The second kappa shape index (κ2) is 17.4. The van der Waals surface area contributed by atoms with Crippen LogP contribution >= 0.6 is 0 Å². The van der Waals surface area contributed by atoms with E-state index >= 15 is 0 Å². The molecule has 0 amide bonds. The fraction of sp³-hybridized carbons (Fsp3) is 0.245. The molecule has 1 radical (unpaired) electrons. The van der Waals surface area contributed by atoms with Gasteiger partial charge in [-0.05, 0) is 127 Å². The Kier molecular flexibility index (Phi) is 13.2. The van der Waals surface area contributed by atoms with E-state index in [0.717, 1.165) is 17.3 Å². The van der Waals surface area contributed by atoms with Gasteiger partial charge in [0.05, 0.1) is 8.80 Å². The number of benzene rings is 5. The Bertz CT molecular complexity index is 2090. The van der Waals surface area contributed by atoms with Crippen LogP contribution in [0.4, 0.5) is 22.7 Å². The standard InChI is InChI=1S/C28H32N2Si.C21H24N2.Co/c1-20-14-22(3)27(23(4)15-20)29-12-13-30(19-29)28-24(5)16-21(2)17-25(28)18-31(6)26-10-8-7-9-11-26;1-14-9-16(3)20(17(4)10-14)22-7-8-23(13-22)21-18(5)11-15(2)12-19(21)6;/h7-17,19H,18H2,1-6H3;7-13H,3H2,1-2,4-6H3;/q-1;-2;+3. The zero-order chi connectivity index (χ0) is 38.8. The van der Waals surface area contributed by atoms with E-state index in [0.29, 0.717) is 0 Å². The van der Waals surface area contributed by atoms with Crippen molar-refractivity contribution in [3.8, 4) is 0 Å². The number of anilines is 4. The third-order valence-electron chi connectivity index (χ3n) is 10.3. The summed E-state index contributed by atoms with van der Waals surface area (Å²) in [5.74, 6) is 0. The van der Waals surface area contributed by atoms with Gasteiger partial charge >= 0.3 is 16.8 Å². The van der Waals surface area contributed by atoms with Gasteiger partial charge in [0.15, 0.2) is 0 Å². The minimum absolute atomic E-state index is 0. The van der Waals surface area contributed by atoms with Gasteiger partial charge in [-0.1, -0.05) is 119 Å². The molecule has 0 spiro atoms. The van der Waals surface area contributed by atoms with Gasteiger partial charge in [0.25, 0.3) is 0 Å². The average Bonchev–Trinajstić information content (AvgIpc) is 3.74. The average molecular weight is 788 g/mol. The molecular formula is C49H56CoN4Si. The first-order chi connectivity index (χ1) is 25.7. The smallest absolute Gasteiger partial charge is 0.532 e. The maximum absolute atomic E-state index is 4.22. The van der Waals surface area contributed by atoms with Crippen LogP contribution in [0.3, 0.4) is 0 Å². The molecule has 0 bridgehead atoms. The number of nitrogens with zero attached hydrogens (tertiary/aromatic N) is 4. The van der Waals surface area contributed by atoms with Crippen LogP contribution in [-0.4, -0.2) is 8.80 Å². The molecular weight excluding hydrogens is 732 g/mol. The fourth-order valence-corrected chi connectivity index (χ4v) is 10.3. The van der Waals surface area contributed by atoms with Crippen LogP contribution in [0.25, 0.3) is 0 Å². The van der Waals surface area contributed by atoms with Crippen molar-refractivity contribution in [1.82, 2.24) is 0 Å². The Morgan fingerprint density at radius 2 is 0.818 bits per heavy atom. The molecule has 4 nitrogen and oxygen atoms in total. The molecule has 0 saturated heterocycles. The van der Waals surface area contributed by atoms with E-state index in [2.05, 4.69) is 219 Å². The molecule has 6 heteroatoms. The first-order valence-corrected chi connectivity index (χ1v) is 21.2. The molecule has 0 N–H and O–H groups in total. The van der Waals surface area contributed by atoms with Gasteiger partial charge in [0, 0.05) is 17.1 Å². The molecule has 0 unspecified atom stereocenters. The second-order valence-electron chi connectivity index (χ2n) is 15.5. The molecule has 2 aliphatic heterocycles. The molecule has 2 aliphatic rings. The summed E-state index contributed by atoms with van der Waals surface area (Å²) in [7, 11) is -0.665. The van der Waals surface area contributed by atoms with Gasteiger partial charge in [-0.25, -0.2) is 0 Å². The van der Waals surface area contributed by atoms with Crippen LogP contribution < -0.4 is 24.8 Å². The molecule has 285 valence electrons. The maximum atomic E-state index is 4.22. The van der Waals surface area contributed by atoms with E-state index in [-0.39, 0.29) is 16.8 Å². The summed E-state index contributed by atoms with van der Waals surface area (Å²) >= 11 is 0. The van der Waals surface area contributed by atoms with Crippen LogP contribution in [0.15, 0.2) is 104 Å². The Morgan fingerprint density at radius 1 is 0.473 bits per heavy atom.